The van der Waals surface area contributed by atoms with Crippen LogP contribution >= 0.6 is 0 Å². The van der Waals surface area contributed by atoms with Gasteiger partial charge in [-0.3, -0.25) is 0 Å². The van der Waals surface area contributed by atoms with Crippen LogP contribution in [0.5, 0.6) is 5.75 Å². The molecule has 1 aromatic rings. The highest BCUT2D eigenvalue weighted by molar-refractivity contribution is 5.35. The number of rotatable bonds is 2. The zero-order valence-corrected chi connectivity index (χ0v) is 7.95. The molecule has 0 fully saturated rings. The Bertz CT molecular complexity index is 431. The van der Waals surface area contributed by atoms with E-state index in [9.17, 15) is 30.7 Å². The Morgan fingerprint density at radius 2 is 1.41 bits per heavy atom. The van der Waals surface area contributed by atoms with Crippen molar-refractivity contribution in [3.63, 3.8) is 0 Å². The van der Waals surface area contributed by atoms with Crippen LogP contribution in [-0.4, -0.2) is 23.5 Å². The predicted octanol–water partition coefficient (Wildman–Crippen LogP) is 2.42. The van der Waals surface area contributed by atoms with Crippen LogP contribution in [-0.2, 0) is 5.92 Å². The molecular formula is C7H3F7N2O. The molecule has 10 heteroatoms. The summed E-state index contributed by atoms with van der Waals surface area (Å²) in [6.07, 6.45) is -6.11. The third-order valence-electron chi connectivity index (χ3n) is 1.72. The van der Waals surface area contributed by atoms with Gasteiger partial charge >= 0.3 is 12.1 Å². The van der Waals surface area contributed by atoms with Crippen LogP contribution in [0.15, 0.2) is 0 Å². The lowest BCUT2D eigenvalue weighted by Gasteiger charge is -2.21. The standard InChI is InChI=1S/C7H3F7N2O/c1-17-3-2(4(8)15-16-5(3)9)6(10,11)7(12,13)14/h1H3. The van der Waals surface area contributed by atoms with Gasteiger partial charge < -0.3 is 4.74 Å². The number of halogens is 7. The maximum absolute atomic E-state index is 12.9. The lowest BCUT2D eigenvalue weighted by molar-refractivity contribution is -0.291. The van der Waals surface area contributed by atoms with E-state index in [1.165, 1.54) is 0 Å². The molecule has 0 saturated heterocycles. The second-order valence-electron chi connectivity index (χ2n) is 2.76. The van der Waals surface area contributed by atoms with Gasteiger partial charge in [0.1, 0.15) is 5.56 Å². The van der Waals surface area contributed by atoms with Gasteiger partial charge in [0.25, 0.3) is 5.95 Å². The Morgan fingerprint density at radius 3 is 1.82 bits per heavy atom. The minimum absolute atomic E-state index is 0.593. The molecule has 3 nitrogen and oxygen atoms in total. The van der Waals surface area contributed by atoms with Crippen molar-refractivity contribution in [1.29, 1.82) is 0 Å². The second kappa shape index (κ2) is 4.00. The van der Waals surface area contributed by atoms with Gasteiger partial charge in [-0.1, -0.05) is 0 Å². The molecule has 0 amide bonds. The summed E-state index contributed by atoms with van der Waals surface area (Å²) < 4.78 is 91.3. The summed E-state index contributed by atoms with van der Waals surface area (Å²) in [5.41, 5.74) is -2.33. The fourth-order valence-electron chi connectivity index (χ4n) is 0.980. The third kappa shape index (κ3) is 2.11. The maximum atomic E-state index is 12.9. The van der Waals surface area contributed by atoms with Crippen molar-refractivity contribution in [2.75, 3.05) is 7.11 Å². The van der Waals surface area contributed by atoms with Crippen molar-refractivity contribution in [1.82, 2.24) is 10.2 Å². The van der Waals surface area contributed by atoms with Crippen LogP contribution in [0, 0.1) is 11.9 Å². The van der Waals surface area contributed by atoms with E-state index >= 15 is 0 Å². The lowest BCUT2D eigenvalue weighted by Crippen LogP contribution is -2.35. The molecule has 0 bridgehead atoms. The van der Waals surface area contributed by atoms with Crippen LogP contribution in [0.4, 0.5) is 30.7 Å². The topological polar surface area (TPSA) is 35.0 Å². The number of alkyl halides is 5. The van der Waals surface area contributed by atoms with Gasteiger partial charge in [0.2, 0.25) is 5.95 Å². The largest absolute Gasteiger partial charge is 0.491 e. The quantitative estimate of drug-likeness (QED) is 0.769. The number of aromatic nitrogens is 2. The summed E-state index contributed by atoms with van der Waals surface area (Å²) in [6, 6.07) is 0. The smallest absolute Gasteiger partial charge is 0.458 e. The summed E-state index contributed by atoms with van der Waals surface area (Å²) in [6.45, 7) is 0. The molecule has 0 spiro atoms. The Balaban J connectivity index is 3.55. The van der Waals surface area contributed by atoms with Crippen molar-refractivity contribution in [2.45, 2.75) is 12.1 Å². The molecule has 1 rings (SSSR count). The van der Waals surface area contributed by atoms with Crippen molar-refractivity contribution in [3.05, 3.63) is 17.5 Å². The molecule has 0 aliphatic rings. The molecule has 0 unspecified atom stereocenters. The Kier molecular flexibility index (Phi) is 3.17. The van der Waals surface area contributed by atoms with Gasteiger partial charge in [-0.15, -0.1) is 10.2 Å². The molecule has 0 radical (unpaired) electrons. The van der Waals surface area contributed by atoms with E-state index in [4.69, 9.17) is 0 Å². The first-order valence-electron chi connectivity index (χ1n) is 3.83. The van der Waals surface area contributed by atoms with Crippen LogP contribution < -0.4 is 4.74 Å². The summed E-state index contributed by atoms with van der Waals surface area (Å²) in [4.78, 5) is 0. The fourth-order valence-corrected chi connectivity index (χ4v) is 0.980. The average molecular weight is 264 g/mol. The number of methoxy groups -OCH3 is 1. The zero-order valence-electron chi connectivity index (χ0n) is 7.95. The molecule has 0 atom stereocenters. The number of ether oxygens (including phenoxy) is 1. The van der Waals surface area contributed by atoms with Crippen LogP contribution in [0.1, 0.15) is 5.56 Å². The zero-order chi connectivity index (χ0) is 13.4. The third-order valence-corrected chi connectivity index (χ3v) is 1.72. The van der Waals surface area contributed by atoms with E-state index in [0.29, 0.717) is 7.11 Å². The molecule has 0 aromatic carbocycles. The van der Waals surface area contributed by atoms with Crippen molar-refractivity contribution < 1.29 is 35.5 Å². The van der Waals surface area contributed by atoms with E-state index in [1.54, 1.807) is 0 Å². The van der Waals surface area contributed by atoms with Gasteiger partial charge in [0.05, 0.1) is 7.11 Å². The number of nitrogens with zero attached hydrogens (tertiary/aromatic N) is 2. The van der Waals surface area contributed by atoms with E-state index in [0.717, 1.165) is 0 Å². The summed E-state index contributed by atoms with van der Waals surface area (Å²) >= 11 is 0. The molecular weight excluding hydrogens is 261 g/mol. The molecule has 0 aliphatic carbocycles. The molecule has 1 heterocycles. The normalized spacial score (nSPS) is 12.7. The molecule has 0 saturated carbocycles. The maximum Gasteiger partial charge on any atom is 0.458 e. The second-order valence-corrected chi connectivity index (χ2v) is 2.76. The van der Waals surface area contributed by atoms with E-state index < -0.39 is 35.3 Å². The fraction of sp³-hybridized carbons (Fsp3) is 0.429. The van der Waals surface area contributed by atoms with Crippen LogP contribution in [0.2, 0.25) is 0 Å². The highest BCUT2D eigenvalue weighted by Gasteiger charge is 2.62. The molecule has 96 valence electrons. The Labute approximate surface area is 89.2 Å². The molecule has 1 aromatic heterocycles. The molecule has 0 N–H and O–H groups in total. The Morgan fingerprint density at radius 1 is 0.941 bits per heavy atom. The van der Waals surface area contributed by atoms with E-state index in [-0.39, 0.29) is 0 Å². The molecule has 17 heavy (non-hydrogen) atoms. The highest BCUT2D eigenvalue weighted by Crippen LogP contribution is 2.47. The van der Waals surface area contributed by atoms with Gasteiger partial charge in [-0.05, 0) is 0 Å². The van der Waals surface area contributed by atoms with Gasteiger partial charge in [-0.2, -0.15) is 30.7 Å². The minimum atomic E-state index is -6.11. The van der Waals surface area contributed by atoms with Crippen molar-refractivity contribution in [3.8, 4) is 5.75 Å². The number of hydrogen-bond acceptors (Lipinski definition) is 3. The highest BCUT2D eigenvalue weighted by atomic mass is 19.4. The first-order chi connectivity index (χ1) is 7.63. The first kappa shape index (κ1) is 13.5. The SMILES string of the molecule is COc1c(F)nnc(F)c1C(F)(F)C(F)(F)F. The van der Waals surface area contributed by atoms with Crippen LogP contribution in [0.25, 0.3) is 0 Å². The summed E-state index contributed by atoms with van der Waals surface area (Å²) in [5, 5.41) is 4.60. The first-order valence-corrected chi connectivity index (χ1v) is 3.83. The number of hydrogen-bond donors (Lipinski definition) is 0. The molecule has 0 aliphatic heterocycles. The summed E-state index contributed by atoms with van der Waals surface area (Å²) in [7, 11) is 0.593. The summed E-state index contributed by atoms with van der Waals surface area (Å²) in [5.74, 6) is -11.4. The monoisotopic (exact) mass is 264 g/mol. The van der Waals surface area contributed by atoms with Gasteiger partial charge in [0, 0.05) is 0 Å². The predicted molar refractivity (Wildman–Crippen MR) is 38.4 cm³/mol. The van der Waals surface area contributed by atoms with Gasteiger partial charge in [0.15, 0.2) is 5.75 Å². The van der Waals surface area contributed by atoms with Crippen molar-refractivity contribution >= 4 is 0 Å². The van der Waals surface area contributed by atoms with Gasteiger partial charge in [-0.25, -0.2) is 0 Å². The van der Waals surface area contributed by atoms with Crippen LogP contribution in [0.3, 0.4) is 0 Å². The Hall–Kier alpha value is -1.61. The van der Waals surface area contributed by atoms with E-state index in [2.05, 4.69) is 14.9 Å². The lowest BCUT2D eigenvalue weighted by atomic mass is 10.1. The van der Waals surface area contributed by atoms with Crippen molar-refractivity contribution in [2.24, 2.45) is 0 Å². The van der Waals surface area contributed by atoms with E-state index in [1.807, 2.05) is 0 Å². The average Bonchev–Trinajstić information content (AvgIpc) is 2.18. The minimum Gasteiger partial charge on any atom is -0.491 e.